The Balaban J connectivity index is 1.79. The van der Waals surface area contributed by atoms with E-state index in [1.807, 2.05) is 32.3 Å². The first-order chi connectivity index (χ1) is 9.56. The van der Waals surface area contributed by atoms with Crippen LogP contribution in [0.2, 0.25) is 0 Å². The highest BCUT2D eigenvalue weighted by atomic mass is 19.1. The smallest absolute Gasteiger partial charge is 0.123 e. The molecule has 0 aliphatic heterocycles. The van der Waals surface area contributed by atoms with Crippen molar-refractivity contribution in [2.45, 2.75) is 33.9 Å². The number of halogens is 1. The largest absolute Gasteiger partial charge is 0.335 e. The quantitative estimate of drug-likeness (QED) is 0.878. The predicted molar refractivity (Wildman–Crippen MR) is 79.0 cm³/mol. The van der Waals surface area contributed by atoms with E-state index in [9.17, 15) is 4.39 Å². The Bertz CT molecular complexity index is 563. The fourth-order valence-corrected chi connectivity index (χ4v) is 2.31. The molecule has 0 saturated heterocycles. The Morgan fingerprint density at radius 1 is 1.35 bits per heavy atom. The van der Waals surface area contributed by atoms with E-state index in [-0.39, 0.29) is 5.82 Å². The lowest BCUT2D eigenvalue weighted by atomic mass is 10.1. The molecule has 2 aromatic rings. The summed E-state index contributed by atoms with van der Waals surface area (Å²) in [5.74, 6) is 1.39. The van der Waals surface area contributed by atoms with Crippen LogP contribution in [0.3, 0.4) is 0 Å². The van der Waals surface area contributed by atoms with Gasteiger partial charge < -0.3 is 9.88 Å². The number of aromatic nitrogens is 2. The predicted octanol–water partition coefficient (Wildman–Crippen LogP) is 3.06. The highest BCUT2D eigenvalue weighted by molar-refractivity contribution is 5.26. The first-order valence-corrected chi connectivity index (χ1v) is 6.99. The van der Waals surface area contributed by atoms with Gasteiger partial charge in [0, 0.05) is 25.5 Å². The van der Waals surface area contributed by atoms with Crippen LogP contribution in [-0.4, -0.2) is 16.1 Å². The zero-order chi connectivity index (χ0) is 14.5. The van der Waals surface area contributed by atoms with E-state index in [4.69, 9.17) is 0 Å². The monoisotopic (exact) mass is 275 g/mol. The molecule has 3 nitrogen and oxygen atoms in total. The van der Waals surface area contributed by atoms with E-state index < -0.39 is 0 Å². The maximum atomic E-state index is 13.0. The van der Waals surface area contributed by atoms with Crippen LogP contribution in [0.25, 0.3) is 0 Å². The Morgan fingerprint density at radius 2 is 2.15 bits per heavy atom. The van der Waals surface area contributed by atoms with Crippen molar-refractivity contribution in [1.29, 1.82) is 0 Å². The van der Waals surface area contributed by atoms with Crippen LogP contribution < -0.4 is 5.32 Å². The highest BCUT2D eigenvalue weighted by Gasteiger charge is 2.06. The number of benzene rings is 1. The number of nitrogens with zero attached hydrogens (tertiary/aromatic N) is 2. The van der Waals surface area contributed by atoms with E-state index in [0.717, 1.165) is 36.6 Å². The van der Waals surface area contributed by atoms with Crippen molar-refractivity contribution >= 4 is 0 Å². The minimum Gasteiger partial charge on any atom is -0.335 e. The summed E-state index contributed by atoms with van der Waals surface area (Å²) < 4.78 is 15.2. The molecular weight excluding hydrogens is 253 g/mol. The van der Waals surface area contributed by atoms with Crippen LogP contribution in [-0.2, 0) is 13.1 Å². The summed E-state index contributed by atoms with van der Waals surface area (Å²) in [4.78, 5) is 4.22. The number of hydrogen-bond acceptors (Lipinski definition) is 2. The van der Waals surface area contributed by atoms with Gasteiger partial charge in [0.2, 0.25) is 0 Å². The van der Waals surface area contributed by atoms with Crippen molar-refractivity contribution in [3.05, 3.63) is 53.4 Å². The Hall–Kier alpha value is -1.68. The van der Waals surface area contributed by atoms with Crippen molar-refractivity contribution < 1.29 is 4.39 Å². The van der Waals surface area contributed by atoms with Crippen LogP contribution >= 0.6 is 0 Å². The molecule has 20 heavy (non-hydrogen) atoms. The molecule has 0 amide bonds. The molecule has 1 unspecified atom stereocenters. The molecule has 0 saturated carbocycles. The van der Waals surface area contributed by atoms with Gasteiger partial charge in [-0.25, -0.2) is 9.37 Å². The van der Waals surface area contributed by atoms with Crippen molar-refractivity contribution in [3.8, 4) is 0 Å². The van der Waals surface area contributed by atoms with Gasteiger partial charge in [-0.15, -0.1) is 0 Å². The van der Waals surface area contributed by atoms with Gasteiger partial charge in [0.1, 0.15) is 11.6 Å². The molecule has 108 valence electrons. The van der Waals surface area contributed by atoms with Gasteiger partial charge >= 0.3 is 0 Å². The number of imidazole rings is 1. The second kappa shape index (κ2) is 6.66. The van der Waals surface area contributed by atoms with Gasteiger partial charge in [-0.1, -0.05) is 13.0 Å². The lowest BCUT2D eigenvalue weighted by Gasteiger charge is -2.15. The second-order valence-corrected chi connectivity index (χ2v) is 5.43. The van der Waals surface area contributed by atoms with Gasteiger partial charge in [0.05, 0.1) is 0 Å². The van der Waals surface area contributed by atoms with Gasteiger partial charge in [-0.2, -0.15) is 0 Å². The fourth-order valence-electron chi connectivity index (χ4n) is 2.31. The van der Waals surface area contributed by atoms with Crippen molar-refractivity contribution in [2.24, 2.45) is 5.92 Å². The summed E-state index contributed by atoms with van der Waals surface area (Å²) in [6.45, 7) is 8.83. The molecule has 0 radical (unpaired) electrons. The van der Waals surface area contributed by atoms with Crippen molar-refractivity contribution in [2.75, 3.05) is 6.54 Å². The molecule has 4 heteroatoms. The Labute approximate surface area is 119 Å². The maximum absolute atomic E-state index is 13.0. The highest BCUT2D eigenvalue weighted by Crippen LogP contribution is 2.10. The third-order valence-electron chi connectivity index (χ3n) is 3.54. The molecule has 1 heterocycles. The Kier molecular flexibility index (Phi) is 4.90. The molecular formula is C16H22FN3. The molecule has 1 aromatic carbocycles. The Morgan fingerprint density at radius 3 is 2.80 bits per heavy atom. The average molecular weight is 275 g/mol. The van der Waals surface area contributed by atoms with Crippen LogP contribution in [0.15, 0.2) is 30.6 Å². The first kappa shape index (κ1) is 14.7. The normalized spacial score (nSPS) is 12.6. The average Bonchev–Trinajstić information content (AvgIpc) is 2.78. The third kappa shape index (κ3) is 3.90. The van der Waals surface area contributed by atoms with Gasteiger partial charge in [-0.05, 0) is 49.6 Å². The van der Waals surface area contributed by atoms with Crippen LogP contribution in [0.1, 0.15) is 23.9 Å². The first-order valence-electron chi connectivity index (χ1n) is 6.99. The molecule has 0 fully saturated rings. The standard InChI is InChI=1S/C16H22FN3/c1-12(11-20-7-6-19-14(20)3)9-18-10-15-4-5-16(17)8-13(15)2/h4-8,12,18H,9-11H2,1-3H3. The molecule has 0 bridgehead atoms. The fraction of sp³-hybridized carbons (Fsp3) is 0.438. The molecule has 1 N–H and O–H groups in total. The minimum atomic E-state index is -0.171. The molecule has 0 aliphatic carbocycles. The van der Waals surface area contributed by atoms with Crippen molar-refractivity contribution in [3.63, 3.8) is 0 Å². The van der Waals surface area contributed by atoms with Crippen LogP contribution in [0, 0.1) is 25.6 Å². The van der Waals surface area contributed by atoms with Crippen LogP contribution in [0.4, 0.5) is 4.39 Å². The van der Waals surface area contributed by atoms with Gasteiger partial charge in [-0.3, -0.25) is 0 Å². The topological polar surface area (TPSA) is 29.9 Å². The van der Waals surface area contributed by atoms with Crippen molar-refractivity contribution in [1.82, 2.24) is 14.9 Å². The van der Waals surface area contributed by atoms with E-state index >= 15 is 0 Å². The third-order valence-corrected chi connectivity index (χ3v) is 3.54. The summed E-state index contributed by atoms with van der Waals surface area (Å²) in [6.07, 6.45) is 3.84. The lowest BCUT2D eigenvalue weighted by Crippen LogP contribution is -2.24. The summed E-state index contributed by atoms with van der Waals surface area (Å²) in [5.41, 5.74) is 2.15. The number of nitrogens with one attached hydrogen (secondary N) is 1. The summed E-state index contributed by atoms with van der Waals surface area (Å²) in [6, 6.07) is 4.94. The van der Waals surface area contributed by atoms with E-state index in [0.29, 0.717) is 5.92 Å². The zero-order valence-corrected chi connectivity index (χ0v) is 12.4. The molecule has 0 spiro atoms. The van der Waals surface area contributed by atoms with E-state index in [1.165, 1.54) is 6.07 Å². The number of aryl methyl sites for hydroxylation is 2. The van der Waals surface area contributed by atoms with Gasteiger partial charge in [0.25, 0.3) is 0 Å². The zero-order valence-electron chi connectivity index (χ0n) is 12.4. The SMILES string of the molecule is Cc1cc(F)ccc1CNCC(C)Cn1ccnc1C. The summed E-state index contributed by atoms with van der Waals surface area (Å²) in [7, 11) is 0. The molecule has 0 aliphatic rings. The van der Waals surface area contributed by atoms with E-state index in [1.54, 1.807) is 6.07 Å². The van der Waals surface area contributed by atoms with E-state index in [2.05, 4.69) is 21.8 Å². The van der Waals surface area contributed by atoms with Gasteiger partial charge in [0.15, 0.2) is 0 Å². The minimum absolute atomic E-state index is 0.171. The molecule has 1 aromatic heterocycles. The summed E-state index contributed by atoms with van der Waals surface area (Å²) in [5, 5.41) is 3.44. The number of hydrogen-bond donors (Lipinski definition) is 1. The van der Waals surface area contributed by atoms with Crippen LogP contribution in [0.5, 0.6) is 0 Å². The maximum Gasteiger partial charge on any atom is 0.123 e. The molecule has 1 atom stereocenters. The second-order valence-electron chi connectivity index (χ2n) is 5.43. The summed E-state index contributed by atoms with van der Waals surface area (Å²) >= 11 is 0. The lowest BCUT2D eigenvalue weighted by molar-refractivity contribution is 0.440. The number of rotatable bonds is 6. The molecule has 2 rings (SSSR count).